The van der Waals surface area contributed by atoms with E-state index in [0.717, 1.165) is 36.6 Å². The van der Waals surface area contributed by atoms with Gasteiger partial charge in [-0.15, -0.1) is 0 Å². The number of nitrogens with one attached hydrogen (secondary N) is 1. The average molecular weight is 395 g/mol. The number of fused-ring (bicyclic) bond motifs is 1. The smallest absolute Gasteiger partial charge is 0.331 e. The first kappa shape index (κ1) is 18.9. The molecule has 1 saturated heterocycles. The van der Waals surface area contributed by atoms with Crippen molar-refractivity contribution in [2.75, 3.05) is 7.11 Å². The fraction of sp³-hybridized carbons (Fsp3) is 0.333. The molecular formula is C21H21N3O5. The first-order chi connectivity index (χ1) is 14.0. The summed E-state index contributed by atoms with van der Waals surface area (Å²) in [6, 6.07) is 6.53. The molecule has 1 saturated carbocycles. The fourth-order valence-electron chi connectivity index (χ4n) is 4.05. The monoisotopic (exact) mass is 395 g/mol. The minimum Gasteiger partial charge on any atom is -0.468 e. The third-order valence-electron chi connectivity index (χ3n) is 5.47. The molecule has 1 aromatic carbocycles. The van der Waals surface area contributed by atoms with E-state index in [1.54, 1.807) is 10.8 Å². The van der Waals surface area contributed by atoms with E-state index in [2.05, 4.69) is 5.32 Å². The number of urea groups is 1. The van der Waals surface area contributed by atoms with Gasteiger partial charge in [-0.1, -0.05) is 31.0 Å². The molecule has 4 amide bonds. The zero-order valence-electron chi connectivity index (χ0n) is 16.0. The molecule has 2 heterocycles. The Morgan fingerprint density at radius 3 is 2.66 bits per heavy atom. The third-order valence-corrected chi connectivity index (χ3v) is 5.47. The number of carbonyl (C=O) groups is 4. The Morgan fingerprint density at radius 2 is 1.93 bits per heavy atom. The van der Waals surface area contributed by atoms with Crippen molar-refractivity contribution in [1.82, 2.24) is 14.8 Å². The lowest BCUT2D eigenvalue weighted by molar-refractivity contribution is -0.141. The van der Waals surface area contributed by atoms with Crippen LogP contribution in [0.1, 0.15) is 31.2 Å². The van der Waals surface area contributed by atoms with Crippen LogP contribution in [0.25, 0.3) is 17.0 Å². The molecule has 8 heteroatoms. The van der Waals surface area contributed by atoms with Crippen molar-refractivity contribution in [3.05, 3.63) is 41.6 Å². The molecular weight excluding hydrogens is 374 g/mol. The standard InChI is InChI=1S/C21H21N3O5/c1-29-18(25)12-23-11-13(15-8-4-5-9-17(15)23)10-16-19(26)22-21(28)24(20(16)27)14-6-2-3-7-14/h4-5,8-11,14H,2-3,6-7,12H2,1H3,(H,22,26,28)/b16-10+. The van der Waals surface area contributed by atoms with E-state index in [0.29, 0.717) is 5.56 Å². The van der Waals surface area contributed by atoms with Crippen molar-refractivity contribution in [2.45, 2.75) is 38.3 Å². The second-order valence-corrected chi connectivity index (χ2v) is 7.24. The number of nitrogens with zero attached hydrogens (tertiary/aromatic N) is 2. The Kier molecular flexibility index (Phi) is 4.92. The number of imide groups is 2. The van der Waals surface area contributed by atoms with Crippen molar-refractivity contribution < 1.29 is 23.9 Å². The van der Waals surface area contributed by atoms with Crippen molar-refractivity contribution in [3.8, 4) is 0 Å². The maximum atomic E-state index is 13.0. The molecule has 0 atom stereocenters. The molecule has 2 aliphatic rings. The average Bonchev–Trinajstić information content (AvgIpc) is 3.34. The molecule has 1 aliphatic heterocycles. The first-order valence-corrected chi connectivity index (χ1v) is 9.55. The van der Waals surface area contributed by atoms with Crippen LogP contribution in [0.5, 0.6) is 0 Å². The van der Waals surface area contributed by atoms with Gasteiger partial charge >= 0.3 is 12.0 Å². The number of rotatable bonds is 4. The van der Waals surface area contributed by atoms with E-state index in [-0.39, 0.29) is 18.2 Å². The zero-order valence-corrected chi connectivity index (χ0v) is 16.0. The Bertz CT molecular complexity index is 1050. The van der Waals surface area contributed by atoms with Gasteiger partial charge in [0, 0.05) is 28.7 Å². The Hall–Kier alpha value is -3.42. The number of benzene rings is 1. The van der Waals surface area contributed by atoms with Gasteiger partial charge in [0.1, 0.15) is 12.1 Å². The number of hydrogen-bond donors (Lipinski definition) is 1. The summed E-state index contributed by atoms with van der Waals surface area (Å²) in [4.78, 5) is 50.6. The van der Waals surface area contributed by atoms with Crippen molar-refractivity contribution in [3.63, 3.8) is 0 Å². The van der Waals surface area contributed by atoms with Crippen LogP contribution < -0.4 is 5.32 Å². The first-order valence-electron chi connectivity index (χ1n) is 9.55. The van der Waals surface area contributed by atoms with Crippen LogP contribution in [0.15, 0.2) is 36.0 Å². The van der Waals surface area contributed by atoms with Crippen LogP contribution in [-0.4, -0.2) is 46.4 Å². The summed E-state index contributed by atoms with van der Waals surface area (Å²) in [5.41, 5.74) is 1.30. The molecule has 1 aromatic heterocycles. The molecule has 0 unspecified atom stereocenters. The maximum absolute atomic E-state index is 13.0. The summed E-state index contributed by atoms with van der Waals surface area (Å²) in [6.45, 7) is 0.00696. The predicted molar refractivity (Wildman–Crippen MR) is 105 cm³/mol. The van der Waals surface area contributed by atoms with E-state index < -0.39 is 23.8 Å². The van der Waals surface area contributed by atoms with Crippen molar-refractivity contribution in [2.24, 2.45) is 0 Å². The molecule has 0 bridgehead atoms. The second-order valence-electron chi connectivity index (χ2n) is 7.24. The Labute approximate surface area is 167 Å². The van der Waals surface area contributed by atoms with Gasteiger partial charge in [0.05, 0.1) is 7.11 Å². The summed E-state index contributed by atoms with van der Waals surface area (Å²) in [5, 5.41) is 3.07. The number of methoxy groups -OCH3 is 1. The van der Waals surface area contributed by atoms with Crippen LogP contribution in [0.4, 0.5) is 4.79 Å². The molecule has 150 valence electrons. The van der Waals surface area contributed by atoms with Gasteiger partial charge in [0.25, 0.3) is 11.8 Å². The lowest BCUT2D eigenvalue weighted by Gasteiger charge is -2.31. The Balaban J connectivity index is 1.75. The molecule has 29 heavy (non-hydrogen) atoms. The van der Waals surface area contributed by atoms with Gasteiger partial charge in [0.15, 0.2) is 0 Å². The number of barbiturate groups is 1. The summed E-state index contributed by atoms with van der Waals surface area (Å²) >= 11 is 0. The number of aromatic nitrogens is 1. The third kappa shape index (κ3) is 3.41. The summed E-state index contributed by atoms with van der Waals surface area (Å²) in [6.07, 6.45) is 6.59. The topological polar surface area (TPSA) is 97.7 Å². The van der Waals surface area contributed by atoms with Crippen molar-refractivity contribution >= 4 is 40.8 Å². The van der Waals surface area contributed by atoms with Gasteiger partial charge in [0.2, 0.25) is 0 Å². The van der Waals surface area contributed by atoms with Crippen LogP contribution >= 0.6 is 0 Å². The highest BCUT2D eigenvalue weighted by atomic mass is 16.5. The lowest BCUT2D eigenvalue weighted by Crippen LogP contribution is -2.57. The van der Waals surface area contributed by atoms with Gasteiger partial charge in [-0.3, -0.25) is 24.6 Å². The number of hydrogen-bond acceptors (Lipinski definition) is 5. The van der Waals surface area contributed by atoms with Crippen molar-refractivity contribution in [1.29, 1.82) is 0 Å². The maximum Gasteiger partial charge on any atom is 0.331 e. The number of amides is 4. The van der Waals surface area contributed by atoms with Gasteiger partial charge < -0.3 is 9.30 Å². The zero-order chi connectivity index (χ0) is 20.5. The normalized spacial score (nSPS) is 19.3. The van der Waals surface area contributed by atoms with Gasteiger partial charge in [-0.2, -0.15) is 0 Å². The van der Waals surface area contributed by atoms with E-state index in [9.17, 15) is 19.2 Å². The Morgan fingerprint density at radius 1 is 1.21 bits per heavy atom. The molecule has 2 aromatic rings. The molecule has 1 aliphatic carbocycles. The highest BCUT2D eigenvalue weighted by molar-refractivity contribution is 6.31. The molecule has 8 nitrogen and oxygen atoms in total. The number of ether oxygens (including phenoxy) is 1. The molecule has 1 N–H and O–H groups in total. The van der Waals surface area contributed by atoms with Crippen LogP contribution in [0, 0.1) is 0 Å². The largest absolute Gasteiger partial charge is 0.468 e. The van der Waals surface area contributed by atoms with E-state index in [4.69, 9.17) is 4.74 Å². The van der Waals surface area contributed by atoms with E-state index in [1.807, 2.05) is 24.3 Å². The lowest BCUT2D eigenvalue weighted by atomic mass is 10.0. The molecule has 0 spiro atoms. The van der Waals surface area contributed by atoms with Gasteiger partial charge in [-0.05, 0) is 25.0 Å². The van der Waals surface area contributed by atoms with Gasteiger partial charge in [-0.25, -0.2) is 4.79 Å². The summed E-state index contributed by atoms with van der Waals surface area (Å²) in [7, 11) is 1.32. The highest BCUT2D eigenvalue weighted by Gasteiger charge is 2.40. The SMILES string of the molecule is COC(=O)Cn1cc(/C=C2\C(=O)NC(=O)N(C3CCCC3)C2=O)c2ccccc21. The van der Waals surface area contributed by atoms with Crippen LogP contribution in [0.2, 0.25) is 0 Å². The number of carbonyl (C=O) groups excluding carboxylic acids is 4. The minimum absolute atomic E-state index is 0.00696. The fourth-order valence-corrected chi connectivity index (χ4v) is 4.05. The quantitative estimate of drug-likeness (QED) is 0.486. The van der Waals surface area contributed by atoms with Crippen LogP contribution in [0.3, 0.4) is 0 Å². The predicted octanol–water partition coefficient (Wildman–Crippen LogP) is 2.22. The molecule has 4 rings (SSSR count). The highest BCUT2D eigenvalue weighted by Crippen LogP contribution is 2.29. The summed E-state index contributed by atoms with van der Waals surface area (Å²) in [5.74, 6) is -1.69. The number of esters is 1. The van der Waals surface area contributed by atoms with Crippen LogP contribution in [-0.2, 0) is 25.7 Å². The summed E-state index contributed by atoms with van der Waals surface area (Å²) < 4.78 is 6.45. The second kappa shape index (κ2) is 7.54. The number of para-hydroxylation sites is 1. The minimum atomic E-state index is -0.709. The van der Waals surface area contributed by atoms with E-state index in [1.165, 1.54) is 18.1 Å². The molecule has 0 radical (unpaired) electrons. The van der Waals surface area contributed by atoms with E-state index >= 15 is 0 Å². The molecule has 2 fully saturated rings.